The summed E-state index contributed by atoms with van der Waals surface area (Å²) in [6.07, 6.45) is 2.97. The summed E-state index contributed by atoms with van der Waals surface area (Å²) < 4.78 is 27.1. The van der Waals surface area contributed by atoms with Gasteiger partial charge in [0, 0.05) is 32.2 Å². The Balaban J connectivity index is 1.84. The molecule has 2 unspecified atom stereocenters. The van der Waals surface area contributed by atoms with Gasteiger partial charge in [-0.1, -0.05) is 0 Å². The predicted octanol–water partition coefficient (Wildman–Crippen LogP) is 1.87. The van der Waals surface area contributed by atoms with Gasteiger partial charge < -0.3 is 19.5 Å². The number of carbonyl (C=O) groups is 1. The molecule has 1 aliphatic carbocycles. The van der Waals surface area contributed by atoms with Gasteiger partial charge in [0.1, 0.15) is 11.0 Å². The van der Waals surface area contributed by atoms with Crippen molar-refractivity contribution < 1.29 is 18.3 Å². The van der Waals surface area contributed by atoms with Crippen LogP contribution in [-0.4, -0.2) is 74.9 Å². The number of ether oxygens (including phenoxy) is 1. The molecule has 2 atom stereocenters. The predicted molar refractivity (Wildman–Crippen MR) is 98.7 cm³/mol. The van der Waals surface area contributed by atoms with E-state index in [1.165, 1.54) is 0 Å². The fraction of sp³-hybridized carbons (Fsp3) is 0.941. The van der Waals surface area contributed by atoms with Gasteiger partial charge in [-0.05, 0) is 59.4 Å². The first kappa shape index (κ1) is 20.6. The lowest BCUT2D eigenvalue weighted by molar-refractivity contribution is 0.0475. The topological polar surface area (TPSA) is 82.1 Å². The summed E-state index contributed by atoms with van der Waals surface area (Å²) in [6, 6.07) is 0.0892. The Bertz CT molecular complexity index is 467. The van der Waals surface area contributed by atoms with E-state index < -0.39 is 16.7 Å². The molecule has 1 saturated heterocycles. The Morgan fingerprint density at radius 2 is 1.72 bits per heavy atom. The second-order valence-corrected chi connectivity index (χ2v) is 9.30. The van der Waals surface area contributed by atoms with Crippen LogP contribution in [0.25, 0.3) is 0 Å². The van der Waals surface area contributed by atoms with Crippen molar-refractivity contribution in [2.75, 3.05) is 33.2 Å². The molecule has 1 amide bonds. The highest BCUT2D eigenvalue weighted by atomic mass is 32.2. The molecule has 146 valence electrons. The van der Waals surface area contributed by atoms with Crippen LogP contribution in [0.3, 0.4) is 0 Å². The minimum atomic E-state index is -1.85. The Labute approximate surface area is 153 Å². The summed E-state index contributed by atoms with van der Waals surface area (Å²) in [6.45, 7) is 9.08. The Hall–Kier alpha value is -0.700. The van der Waals surface area contributed by atoms with Gasteiger partial charge in [-0.2, -0.15) is 0 Å². The zero-order valence-corrected chi connectivity index (χ0v) is 16.7. The number of hydrogen-bond acceptors (Lipinski definition) is 5. The second-order valence-electron chi connectivity index (χ2n) is 8.26. The van der Waals surface area contributed by atoms with E-state index in [2.05, 4.69) is 22.2 Å². The summed E-state index contributed by atoms with van der Waals surface area (Å²) in [5.74, 6) is 0.200. The first-order valence-electron chi connectivity index (χ1n) is 9.17. The molecule has 1 heterocycles. The lowest BCUT2D eigenvalue weighted by atomic mass is 9.85. The highest BCUT2D eigenvalue weighted by Gasteiger charge is 2.36. The Kier molecular flexibility index (Phi) is 7.25. The average molecular weight is 376 g/mol. The number of rotatable bonds is 4. The second kappa shape index (κ2) is 8.79. The van der Waals surface area contributed by atoms with Gasteiger partial charge in [0.25, 0.3) is 0 Å². The number of likely N-dealkylation sites (N-methyl/N-ethyl adjacent to an activating group) is 1. The van der Waals surface area contributed by atoms with E-state index in [0.29, 0.717) is 0 Å². The largest absolute Gasteiger partial charge is 0.444 e. The standard InChI is InChI=1S/C17H33N3O4S/c1-17(2,3)24-16(21)18-14-7-5-13(6-8-14)15(25(22)23)20-11-9-19(4)10-12-20/h13-15H,5-12H2,1-4H3,(H,18,21)(H,22,23). The van der Waals surface area contributed by atoms with Gasteiger partial charge in [-0.3, -0.25) is 4.90 Å². The number of hydrogen-bond donors (Lipinski definition) is 2. The van der Waals surface area contributed by atoms with Crippen LogP contribution in [0.1, 0.15) is 46.5 Å². The van der Waals surface area contributed by atoms with E-state index in [-0.39, 0.29) is 23.4 Å². The molecule has 7 nitrogen and oxygen atoms in total. The third-order valence-electron chi connectivity index (χ3n) is 5.00. The molecule has 0 aromatic heterocycles. The van der Waals surface area contributed by atoms with Crippen LogP contribution in [0.15, 0.2) is 0 Å². The average Bonchev–Trinajstić information content (AvgIpc) is 2.49. The molecular weight excluding hydrogens is 342 g/mol. The molecule has 8 heteroatoms. The highest BCUT2D eigenvalue weighted by molar-refractivity contribution is 7.79. The van der Waals surface area contributed by atoms with E-state index in [4.69, 9.17) is 4.74 Å². The minimum Gasteiger partial charge on any atom is -0.444 e. The molecule has 0 aromatic rings. The SMILES string of the molecule is CN1CCN(C(C2CCC(NC(=O)OC(C)(C)C)CC2)S(=O)O)CC1. The number of amides is 1. The van der Waals surface area contributed by atoms with Crippen molar-refractivity contribution >= 4 is 17.2 Å². The fourth-order valence-electron chi connectivity index (χ4n) is 3.69. The van der Waals surface area contributed by atoms with E-state index >= 15 is 0 Å². The van der Waals surface area contributed by atoms with Crippen molar-refractivity contribution in [1.29, 1.82) is 0 Å². The maximum Gasteiger partial charge on any atom is 0.407 e. The minimum absolute atomic E-state index is 0.0892. The number of alkyl carbamates (subject to hydrolysis) is 1. The highest BCUT2D eigenvalue weighted by Crippen LogP contribution is 2.31. The van der Waals surface area contributed by atoms with Crippen LogP contribution in [0.4, 0.5) is 4.79 Å². The first-order valence-corrected chi connectivity index (χ1v) is 10.3. The summed E-state index contributed by atoms with van der Waals surface area (Å²) in [4.78, 5) is 16.3. The quantitative estimate of drug-likeness (QED) is 0.730. The molecule has 0 bridgehead atoms. The zero-order chi connectivity index (χ0) is 18.6. The molecule has 2 rings (SSSR count). The van der Waals surface area contributed by atoms with E-state index in [9.17, 15) is 13.6 Å². The van der Waals surface area contributed by atoms with Crippen molar-refractivity contribution in [2.24, 2.45) is 5.92 Å². The van der Waals surface area contributed by atoms with Gasteiger partial charge in [0.15, 0.2) is 11.1 Å². The number of piperazine rings is 1. The molecule has 1 saturated carbocycles. The van der Waals surface area contributed by atoms with Crippen LogP contribution in [-0.2, 0) is 15.8 Å². The summed E-state index contributed by atoms with van der Waals surface area (Å²) in [5, 5.41) is 2.63. The van der Waals surface area contributed by atoms with Crippen LogP contribution in [0.2, 0.25) is 0 Å². The molecule has 0 radical (unpaired) electrons. The lowest BCUT2D eigenvalue weighted by Gasteiger charge is -2.41. The lowest BCUT2D eigenvalue weighted by Crippen LogP contribution is -2.53. The van der Waals surface area contributed by atoms with Crippen LogP contribution < -0.4 is 5.32 Å². The monoisotopic (exact) mass is 375 g/mol. The van der Waals surface area contributed by atoms with E-state index in [1.807, 2.05) is 20.8 Å². The Morgan fingerprint density at radius 3 is 2.20 bits per heavy atom. The van der Waals surface area contributed by atoms with E-state index in [0.717, 1.165) is 51.9 Å². The van der Waals surface area contributed by atoms with Gasteiger partial charge in [-0.15, -0.1) is 0 Å². The number of nitrogens with one attached hydrogen (secondary N) is 1. The summed E-state index contributed by atoms with van der Waals surface area (Å²) >= 11 is -1.85. The third kappa shape index (κ3) is 6.51. The van der Waals surface area contributed by atoms with Gasteiger partial charge in [0.05, 0.1) is 0 Å². The van der Waals surface area contributed by atoms with Crippen molar-refractivity contribution in [3.05, 3.63) is 0 Å². The van der Waals surface area contributed by atoms with Crippen LogP contribution >= 0.6 is 0 Å². The van der Waals surface area contributed by atoms with Gasteiger partial charge in [0.2, 0.25) is 0 Å². The van der Waals surface area contributed by atoms with Crippen LogP contribution in [0.5, 0.6) is 0 Å². The fourth-order valence-corrected chi connectivity index (χ4v) is 4.76. The molecule has 2 fully saturated rings. The molecule has 0 spiro atoms. The maximum atomic E-state index is 12.0. The molecule has 2 N–H and O–H groups in total. The van der Waals surface area contributed by atoms with Gasteiger partial charge in [-0.25, -0.2) is 9.00 Å². The number of nitrogens with zero attached hydrogens (tertiary/aromatic N) is 2. The molecule has 0 aromatic carbocycles. The summed E-state index contributed by atoms with van der Waals surface area (Å²) in [7, 11) is 2.08. The molecule has 2 aliphatic rings. The van der Waals surface area contributed by atoms with Gasteiger partial charge >= 0.3 is 6.09 Å². The van der Waals surface area contributed by atoms with Crippen molar-refractivity contribution in [2.45, 2.75) is 63.5 Å². The molecule has 1 aliphatic heterocycles. The zero-order valence-electron chi connectivity index (χ0n) is 15.9. The molecule has 25 heavy (non-hydrogen) atoms. The van der Waals surface area contributed by atoms with Crippen LogP contribution in [0, 0.1) is 5.92 Å². The Morgan fingerprint density at radius 1 is 1.16 bits per heavy atom. The first-order chi connectivity index (χ1) is 11.7. The maximum absolute atomic E-state index is 12.0. The number of carbonyl (C=O) groups excluding carboxylic acids is 1. The van der Waals surface area contributed by atoms with Crippen molar-refractivity contribution in [3.63, 3.8) is 0 Å². The smallest absolute Gasteiger partial charge is 0.407 e. The normalized spacial score (nSPS) is 29.0. The van der Waals surface area contributed by atoms with Crippen molar-refractivity contribution in [3.8, 4) is 0 Å². The summed E-state index contributed by atoms with van der Waals surface area (Å²) in [5.41, 5.74) is -0.498. The van der Waals surface area contributed by atoms with Crippen molar-refractivity contribution in [1.82, 2.24) is 15.1 Å². The van der Waals surface area contributed by atoms with E-state index in [1.54, 1.807) is 0 Å². The third-order valence-corrected chi connectivity index (χ3v) is 6.10. The molecular formula is C17H33N3O4S.